The second-order valence-electron chi connectivity index (χ2n) is 4.09. The van der Waals surface area contributed by atoms with Gasteiger partial charge in [-0.25, -0.2) is 4.98 Å². The van der Waals surface area contributed by atoms with Crippen molar-refractivity contribution in [3.8, 4) is 11.4 Å². The first-order valence-electron chi connectivity index (χ1n) is 5.59. The van der Waals surface area contributed by atoms with Crippen LogP contribution in [0.5, 0.6) is 0 Å². The number of hydrogen-bond acceptors (Lipinski definition) is 2. The van der Waals surface area contributed by atoms with Crippen LogP contribution >= 0.6 is 23.2 Å². The summed E-state index contributed by atoms with van der Waals surface area (Å²) in [7, 11) is 0. The number of aromatic amines is 1. The van der Waals surface area contributed by atoms with Crippen LogP contribution in [0.25, 0.3) is 22.3 Å². The summed E-state index contributed by atoms with van der Waals surface area (Å²) in [5, 5.41) is 1.57. The number of nitrogens with one attached hydrogen (secondary N) is 1. The van der Waals surface area contributed by atoms with Crippen LogP contribution in [0.3, 0.4) is 0 Å². The van der Waals surface area contributed by atoms with Gasteiger partial charge in [0.2, 0.25) is 0 Å². The minimum absolute atomic E-state index is 0.220. The first-order valence-corrected chi connectivity index (χ1v) is 6.34. The van der Waals surface area contributed by atoms with Crippen LogP contribution < -0.4 is 5.56 Å². The van der Waals surface area contributed by atoms with E-state index in [1.807, 2.05) is 12.1 Å². The Kier molecular flexibility index (Phi) is 3.01. The topological polar surface area (TPSA) is 45.8 Å². The summed E-state index contributed by atoms with van der Waals surface area (Å²) in [5.41, 5.74) is 1.15. The molecule has 0 spiro atoms. The Morgan fingerprint density at radius 3 is 2.58 bits per heavy atom. The smallest absolute Gasteiger partial charge is 0.259 e. The number of benzene rings is 2. The van der Waals surface area contributed by atoms with Crippen LogP contribution in [0, 0.1) is 0 Å². The van der Waals surface area contributed by atoms with Crippen LogP contribution in [0.15, 0.2) is 47.3 Å². The van der Waals surface area contributed by atoms with Crippen molar-refractivity contribution in [3.05, 3.63) is 62.9 Å². The van der Waals surface area contributed by atoms with Gasteiger partial charge in [0.25, 0.3) is 5.56 Å². The van der Waals surface area contributed by atoms with Crippen molar-refractivity contribution in [2.45, 2.75) is 0 Å². The van der Waals surface area contributed by atoms with Gasteiger partial charge >= 0.3 is 0 Å². The minimum Gasteiger partial charge on any atom is -0.306 e. The maximum atomic E-state index is 12.0. The van der Waals surface area contributed by atoms with Crippen molar-refractivity contribution in [2.75, 3.05) is 0 Å². The highest BCUT2D eigenvalue weighted by molar-refractivity contribution is 6.31. The normalized spacial score (nSPS) is 10.8. The molecule has 3 nitrogen and oxygen atoms in total. The predicted molar refractivity (Wildman–Crippen MR) is 77.8 cm³/mol. The van der Waals surface area contributed by atoms with E-state index in [0.29, 0.717) is 26.8 Å². The average Bonchev–Trinajstić information content (AvgIpc) is 2.39. The highest BCUT2D eigenvalue weighted by atomic mass is 35.5. The molecule has 2 aromatic carbocycles. The second kappa shape index (κ2) is 4.68. The summed E-state index contributed by atoms with van der Waals surface area (Å²) in [6, 6.07) is 12.2. The van der Waals surface area contributed by atoms with Crippen LogP contribution in [0.2, 0.25) is 10.0 Å². The molecule has 1 N–H and O–H groups in total. The van der Waals surface area contributed by atoms with E-state index in [-0.39, 0.29) is 5.56 Å². The molecule has 0 saturated carbocycles. The fourth-order valence-electron chi connectivity index (χ4n) is 1.88. The maximum absolute atomic E-state index is 12.0. The van der Waals surface area contributed by atoms with Crippen molar-refractivity contribution >= 4 is 34.1 Å². The molecular formula is C14H8Cl2N2O. The fourth-order valence-corrected chi connectivity index (χ4v) is 2.25. The molecule has 94 valence electrons. The van der Waals surface area contributed by atoms with Crippen molar-refractivity contribution in [1.82, 2.24) is 9.97 Å². The van der Waals surface area contributed by atoms with Crippen LogP contribution in [-0.2, 0) is 0 Å². The number of halogens is 2. The minimum atomic E-state index is -0.220. The molecule has 3 rings (SSSR count). The predicted octanol–water partition coefficient (Wildman–Crippen LogP) is 3.90. The van der Waals surface area contributed by atoms with E-state index < -0.39 is 0 Å². The highest BCUT2D eigenvalue weighted by Crippen LogP contribution is 2.21. The van der Waals surface area contributed by atoms with Gasteiger partial charge in [-0.2, -0.15) is 0 Å². The van der Waals surface area contributed by atoms with Crippen molar-refractivity contribution in [1.29, 1.82) is 0 Å². The zero-order valence-corrected chi connectivity index (χ0v) is 11.2. The first kappa shape index (κ1) is 12.2. The number of fused-ring (bicyclic) bond motifs is 1. The van der Waals surface area contributed by atoms with Crippen molar-refractivity contribution in [3.63, 3.8) is 0 Å². The van der Waals surface area contributed by atoms with Gasteiger partial charge in [-0.3, -0.25) is 4.79 Å². The Morgan fingerprint density at radius 2 is 1.79 bits per heavy atom. The van der Waals surface area contributed by atoms with E-state index >= 15 is 0 Å². The number of H-pyrrole nitrogens is 1. The molecule has 0 atom stereocenters. The van der Waals surface area contributed by atoms with Gasteiger partial charge in [0.15, 0.2) is 0 Å². The lowest BCUT2D eigenvalue weighted by atomic mass is 10.2. The summed E-state index contributed by atoms with van der Waals surface area (Å²) in [6.45, 7) is 0. The van der Waals surface area contributed by atoms with Gasteiger partial charge in [-0.15, -0.1) is 0 Å². The SMILES string of the molecule is O=c1[nH]c(-c2cccc(Cl)c2)nc2ccc(Cl)cc12. The lowest BCUT2D eigenvalue weighted by Gasteiger charge is -2.03. The lowest BCUT2D eigenvalue weighted by Crippen LogP contribution is -2.09. The third-order valence-electron chi connectivity index (χ3n) is 2.77. The molecule has 0 aliphatic rings. The largest absolute Gasteiger partial charge is 0.306 e. The summed E-state index contributed by atoms with van der Waals surface area (Å²) < 4.78 is 0. The van der Waals surface area contributed by atoms with E-state index in [0.717, 1.165) is 5.56 Å². The van der Waals surface area contributed by atoms with Gasteiger partial charge in [-0.1, -0.05) is 35.3 Å². The number of nitrogens with zero attached hydrogens (tertiary/aromatic N) is 1. The van der Waals surface area contributed by atoms with Gasteiger partial charge in [-0.05, 0) is 30.3 Å². The maximum Gasteiger partial charge on any atom is 0.259 e. The van der Waals surface area contributed by atoms with Crippen LogP contribution in [-0.4, -0.2) is 9.97 Å². The summed E-state index contributed by atoms with van der Waals surface area (Å²) in [4.78, 5) is 19.2. The molecule has 0 bridgehead atoms. The molecule has 0 aliphatic heterocycles. The molecule has 0 aliphatic carbocycles. The summed E-state index contributed by atoms with van der Waals surface area (Å²) in [5.74, 6) is 0.488. The Morgan fingerprint density at radius 1 is 1.00 bits per heavy atom. The molecule has 0 amide bonds. The molecule has 5 heteroatoms. The Bertz CT molecular complexity index is 827. The fraction of sp³-hybridized carbons (Fsp3) is 0. The van der Waals surface area contributed by atoms with E-state index in [2.05, 4.69) is 9.97 Å². The van der Waals surface area contributed by atoms with Crippen molar-refractivity contribution in [2.24, 2.45) is 0 Å². The zero-order valence-electron chi connectivity index (χ0n) is 9.65. The number of aromatic nitrogens is 2. The molecular weight excluding hydrogens is 283 g/mol. The molecule has 1 aromatic heterocycles. The highest BCUT2D eigenvalue weighted by Gasteiger charge is 2.06. The van der Waals surface area contributed by atoms with Gasteiger partial charge in [0.05, 0.1) is 10.9 Å². The molecule has 19 heavy (non-hydrogen) atoms. The Balaban J connectivity index is 2.27. The van der Waals surface area contributed by atoms with E-state index in [1.165, 1.54) is 0 Å². The lowest BCUT2D eigenvalue weighted by molar-refractivity contribution is 1.18. The number of rotatable bonds is 1. The quantitative estimate of drug-likeness (QED) is 0.739. The first-order chi connectivity index (χ1) is 9.13. The van der Waals surface area contributed by atoms with Crippen LogP contribution in [0.4, 0.5) is 0 Å². The molecule has 0 unspecified atom stereocenters. The Hall–Kier alpha value is -1.84. The zero-order chi connectivity index (χ0) is 13.4. The second-order valence-corrected chi connectivity index (χ2v) is 4.96. The standard InChI is InChI=1S/C14H8Cl2N2O/c15-9-3-1-2-8(6-9)13-17-12-5-4-10(16)7-11(12)14(19)18-13/h1-7H,(H,17,18,19). The van der Waals surface area contributed by atoms with Crippen LogP contribution in [0.1, 0.15) is 0 Å². The van der Waals surface area contributed by atoms with Gasteiger partial charge in [0, 0.05) is 15.6 Å². The molecule has 0 saturated heterocycles. The molecule has 0 fully saturated rings. The third kappa shape index (κ3) is 2.35. The monoisotopic (exact) mass is 290 g/mol. The molecule has 0 radical (unpaired) electrons. The van der Waals surface area contributed by atoms with Gasteiger partial charge in [0.1, 0.15) is 5.82 Å². The van der Waals surface area contributed by atoms with Gasteiger partial charge < -0.3 is 4.98 Å². The summed E-state index contributed by atoms with van der Waals surface area (Å²) >= 11 is 11.8. The van der Waals surface area contributed by atoms with E-state index in [1.54, 1.807) is 30.3 Å². The van der Waals surface area contributed by atoms with Crippen molar-refractivity contribution < 1.29 is 0 Å². The number of hydrogen-bond donors (Lipinski definition) is 1. The third-order valence-corrected chi connectivity index (χ3v) is 3.24. The average molecular weight is 291 g/mol. The van der Waals surface area contributed by atoms with E-state index in [4.69, 9.17) is 23.2 Å². The molecule has 1 heterocycles. The Labute approximate surface area is 118 Å². The van der Waals surface area contributed by atoms with E-state index in [9.17, 15) is 4.79 Å². The summed E-state index contributed by atoms with van der Waals surface area (Å²) in [6.07, 6.45) is 0. The molecule has 3 aromatic rings.